The van der Waals surface area contributed by atoms with E-state index in [1.165, 1.54) is 6.33 Å². The summed E-state index contributed by atoms with van der Waals surface area (Å²) < 4.78 is 7.24. The van der Waals surface area contributed by atoms with Gasteiger partial charge < -0.3 is 20.4 Å². The van der Waals surface area contributed by atoms with E-state index in [0.29, 0.717) is 35.4 Å². The zero-order chi connectivity index (χ0) is 24.5. The van der Waals surface area contributed by atoms with E-state index in [1.807, 2.05) is 55.7 Å². The number of nitrogens with one attached hydrogen (secondary N) is 1. The number of nitrogens with two attached hydrogens (primary N) is 1. The van der Waals surface area contributed by atoms with Crippen molar-refractivity contribution in [2.24, 2.45) is 0 Å². The summed E-state index contributed by atoms with van der Waals surface area (Å²) in [5.74, 6) is 0.339. The molecule has 0 fully saturated rings. The van der Waals surface area contributed by atoms with Crippen LogP contribution in [-0.2, 0) is 11.3 Å². The average Bonchev–Trinajstić information content (AvgIpc) is 3.07. The fourth-order valence-corrected chi connectivity index (χ4v) is 3.91. The van der Waals surface area contributed by atoms with Crippen molar-refractivity contribution in [3.05, 3.63) is 55.5 Å². The highest BCUT2D eigenvalue weighted by molar-refractivity contribution is 6.38. The lowest BCUT2D eigenvalue weighted by Crippen LogP contribution is -2.39. The number of carbonyl (C=O) groups is 1. The standard InChI is InChI=1S/C25H27BN6O2/c1-5-17(31-24(33)34-25(2,3)4)10-11-32-21(26)19(20-22(27)29-14-30-23(20)32)16-12-15-8-6-7-9-18(15)28-13-16/h5-9,12-14,17H,1,10-11H2,2-4H3,(H,31,33)(H2,27,29,30)/t17-/m0/s1. The topological polar surface area (TPSA) is 108 Å². The number of aromatic nitrogens is 4. The molecule has 4 rings (SSSR count). The quantitative estimate of drug-likeness (QED) is 0.341. The SMILES string of the molecule is [B]c1c(-c2cnc3ccccc3c2)c2c(N)ncnc2n1CC[C@H](C=C)NC(=O)OC(C)(C)C. The van der Waals surface area contributed by atoms with Crippen molar-refractivity contribution in [2.75, 3.05) is 5.73 Å². The molecule has 2 radical (unpaired) electrons. The highest BCUT2D eigenvalue weighted by Gasteiger charge is 2.22. The van der Waals surface area contributed by atoms with E-state index in [1.54, 1.807) is 12.3 Å². The van der Waals surface area contributed by atoms with Crippen molar-refractivity contribution in [3.8, 4) is 11.1 Å². The van der Waals surface area contributed by atoms with Crippen LogP contribution in [0.1, 0.15) is 27.2 Å². The maximum atomic E-state index is 12.2. The van der Waals surface area contributed by atoms with Gasteiger partial charge in [0, 0.05) is 29.3 Å². The zero-order valence-electron chi connectivity index (χ0n) is 19.6. The first-order valence-corrected chi connectivity index (χ1v) is 11.0. The van der Waals surface area contributed by atoms with Gasteiger partial charge in [-0.2, -0.15) is 0 Å². The van der Waals surface area contributed by atoms with Gasteiger partial charge in [-0.05, 0) is 44.9 Å². The molecule has 8 nitrogen and oxygen atoms in total. The summed E-state index contributed by atoms with van der Waals surface area (Å²) in [7, 11) is 6.65. The van der Waals surface area contributed by atoms with Gasteiger partial charge in [0.05, 0.1) is 16.9 Å². The Kier molecular flexibility index (Phi) is 6.28. The molecule has 0 unspecified atom stereocenters. The second-order valence-electron chi connectivity index (χ2n) is 9.06. The summed E-state index contributed by atoms with van der Waals surface area (Å²) in [5, 5.41) is 4.49. The van der Waals surface area contributed by atoms with Gasteiger partial charge in [-0.1, -0.05) is 24.3 Å². The smallest absolute Gasteiger partial charge is 0.408 e. The molecule has 0 aliphatic rings. The van der Waals surface area contributed by atoms with Crippen LogP contribution >= 0.6 is 0 Å². The molecule has 0 spiro atoms. The van der Waals surface area contributed by atoms with Crippen molar-refractivity contribution in [2.45, 2.75) is 45.4 Å². The fraction of sp³-hybridized carbons (Fsp3) is 0.280. The molecule has 0 bridgehead atoms. The highest BCUT2D eigenvalue weighted by atomic mass is 16.6. The molecule has 3 heterocycles. The lowest BCUT2D eigenvalue weighted by Gasteiger charge is -2.22. The van der Waals surface area contributed by atoms with Crippen LogP contribution in [0, 0.1) is 0 Å². The summed E-state index contributed by atoms with van der Waals surface area (Å²) >= 11 is 0. The highest BCUT2D eigenvalue weighted by Crippen LogP contribution is 2.32. The number of rotatable bonds is 6. The summed E-state index contributed by atoms with van der Waals surface area (Å²) in [6.45, 7) is 9.75. The number of hydrogen-bond donors (Lipinski definition) is 2. The monoisotopic (exact) mass is 454 g/mol. The van der Waals surface area contributed by atoms with Crippen molar-refractivity contribution < 1.29 is 9.53 Å². The summed E-state index contributed by atoms with van der Waals surface area (Å²) in [4.78, 5) is 25.4. The summed E-state index contributed by atoms with van der Waals surface area (Å²) in [6.07, 6.45) is 4.89. The van der Waals surface area contributed by atoms with Gasteiger partial charge in [0.15, 0.2) is 0 Å². The molecule has 3 N–H and O–H groups in total. The second kappa shape index (κ2) is 9.17. The number of aryl methyl sites for hydroxylation is 1. The molecule has 4 aromatic rings. The molecule has 1 aromatic carbocycles. The molecule has 3 aromatic heterocycles. The Morgan fingerprint density at radius 1 is 1.29 bits per heavy atom. The fourth-order valence-electron chi connectivity index (χ4n) is 3.91. The number of amides is 1. The number of para-hydroxylation sites is 1. The van der Waals surface area contributed by atoms with Crippen LogP contribution in [0.5, 0.6) is 0 Å². The third-order valence-corrected chi connectivity index (χ3v) is 5.44. The van der Waals surface area contributed by atoms with Gasteiger partial charge in [-0.3, -0.25) is 4.98 Å². The van der Waals surface area contributed by atoms with Gasteiger partial charge in [-0.15, -0.1) is 6.58 Å². The predicted octanol–water partition coefficient (Wildman–Crippen LogP) is 3.49. The summed E-state index contributed by atoms with van der Waals surface area (Å²) in [6, 6.07) is 9.57. The van der Waals surface area contributed by atoms with Crippen LogP contribution in [0.4, 0.5) is 10.6 Å². The maximum absolute atomic E-state index is 12.2. The molecule has 1 amide bonds. The molecule has 0 saturated heterocycles. The Morgan fingerprint density at radius 3 is 2.79 bits per heavy atom. The Bertz CT molecular complexity index is 1380. The maximum Gasteiger partial charge on any atom is 0.408 e. The Hall–Kier alpha value is -3.88. The van der Waals surface area contributed by atoms with E-state index in [4.69, 9.17) is 18.3 Å². The number of pyridine rings is 1. The van der Waals surface area contributed by atoms with Gasteiger partial charge in [-0.25, -0.2) is 14.8 Å². The number of nitrogen functional groups attached to an aromatic ring is 1. The minimum atomic E-state index is -0.589. The van der Waals surface area contributed by atoms with Crippen molar-refractivity contribution in [1.82, 2.24) is 24.8 Å². The number of hydrogen-bond acceptors (Lipinski definition) is 6. The Balaban J connectivity index is 1.69. The molecule has 0 aliphatic heterocycles. The Labute approximate surface area is 199 Å². The average molecular weight is 454 g/mol. The van der Waals surface area contributed by atoms with E-state index in [0.717, 1.165) is 22.0 Å². The number of nitrogens with zero attached hydrogens (tertiary/aromatic N) is 4. The first kappa shape index (κ1) is 23.3. The molecule has 0 aliphatic carbocycles. The van der Waals surface area contributed by atoms with Crippen molar-refractivity contribution >= 4 is 47.3 Å². The summed E-state index contributed by atoms with van der Waals surface area (Å²) in [5.41, 5.74) is 9.25. The first-order chi connectivity index (χ1) is 16.2. The molecule has 9 heteroatoms. The number of carbonyl (C=O) groups excluding carboxylic acids is 1. The molecular formula is C25H27BN6O2. The number of ether oxygens (including phenoxy) is 1. The molecule has 34 heavy (non-hydrogen) atoms. The van der Waals surface area contributed by atoms with Gasteiger partial charge in [0.2, 0.25) is 0 Å². The first-order valence-electron chi connectivity index (χ1n) is 11.0. The largest absolute Gasteiger partial charge is 0.444 e. The lowest BCUT2D eigenvalue weighted by molar-refractivity contribution is 0.0512. The number of anilines is 1. The van der Waals surface area contributed by atoms with Crippen LogP contribution in [0.2, 0.25) is 0 Å². The molecule has 0 saturated carbocycles. The predicted molar refractivity (Wildman–Crippen MR) is 136 cm³/mol. The van der Waals surface area contributed by atoms with Gasteiger partial charge in [0.1, 0.15) is 31.2 Å². The number of fused-ring (bicyclic) bond motifs is 2. The third kappa shape index (κ3) is 4.73. The van der Waals surface area contributed by atoms with Crippen LogP contribution in [0.3, 0.4) is 0 Å². The van der Waals surface area contributed by atoms with E-state index < -0.39 is 11.7 Å². The number of alkyl carbamates (subject to hydrolysis) is 1. The van der Waals surface area contributed by atoms with E-state index >= 15 is 0 Å². The van der Waals surface area contributed by atoms with Crippen LogP contribution in [-0.4, -0.2) is 45.1 Å². The van der Waals surface area contributed by atoms with Gasteiger partial charge in [0.25, 0.3) is 0 Å². The minimum absolute atomic E-state index is 0.323. The van der Waals surface area contributed by atoms with Crippen LogP contribution in [0.15, 0.2) is 55.5 Å². The minimum Gasteiger partial charge on any atom is -0.444 e. The number of benzene rings is 1. The molecule has 1 atom stereocenters. The van der Waals surface area contributed by atoms with Crippen LogP contribution in [0.25, 0.3) is 33.1 Å². The second-order valence-corrected chi connectivity index (χ2v) is 9.06. The third-order valence-electron chi connectivity index (χ3n) is 5.44. The molecular weight excluding hydrogens is 427 g/mol. The van der Waals surface area contributed by atoms with Crippen molar-refractivity contribution in [3.63, 3.8) is 0 Å². The van der Waals surface area contributed by atoms with Gasteiger partial charge >= 0.3 is 6.09 Å². The lowest BCUT2D eigenvalue weighted by atomic mass is 9.93. The zero-order valence-corrected chi connectivity index (χ0v) is 19.6. The Morgan fingerprint density at radius 2 is 2.06 bits per heavy atom. The van der Waals surface area contributed by atoms with E-state index in [2.05, 4.69) is 26.8 Å². The van der Waals surface area contributed by atoms with E-state index in [9.17, 15) is 4.79 Å². The van der Waals surface area contributed by atoms with Crippen molar-refractivity contribution in [1.29, 1.82) is 0 Å². The van der Waals surface area contributed by atoms with E-state index in [-0.39, 0.29) is 6.04 Å². The molecule has 172 valence electrons. The van der Waals surface area contributed by atoms with Crippen LogP contribution < -0.4 is 16.6 Å². The normalized spacial score (nSPS) is 12.6.